The van der Waals surface area contributed by atoms with Crippen molar-refractivity contribution < 1.29 is 24.2 Å². The Morgan fingerprint density at radius 3 is 2.35 bits per heavy atom. The second-order valence-electron chi connectivity index (χ2n) is 14.0. The van der Waals surface area contributed by atoms with Crippen LogP contribution in [0.5, 0.6) is 0 Å². The average molecular weight is 515 g/mol. The van der Waals surface area contributed by atoms with Crippen LogP contribution in [0.3, 0.4) is 0 Å². The molecule has 0 amide bonds. The molecule has 0 aromatic carbocycles. The van der Waals surface area contributed by atoms with Gasteiger partial charge < -0.3 is 14.6 Å². The van der Waals surface area contributed by atoms with Gasteiger partial charge in [0.1, 0.15) is 12.4 Å². The molecule has 5 nitrogen and oxygen atoms in total. The standard InChI is InChI=1S/C32H50O5/c1-8-21(35)17-28(36)37-27-18-26-30(5)15-10-14-29(4,9-2)24(30)13-16-31(26,6)25-12-11-22(20(3)34)23(19-33)32(25,27)7/h11,19,21,23-27,35H,8-10,12-18H2,1-7H3/t21?,23-,24?,25?,26?,27-,29-,30-,31-,32+/m0/s1. The topological polar surface area (TPSA) is 80.7 Å². The van der Waals surface area contributed by atoms with Crippen LogP contribution in [-0.4, -0.2) is 35.4 Å². The predicted octanol–water partition coefficient (Wildman–Crippen LogP) is 6.46. The van der Waals surface area contributed by atoms with Crippen molar-refractivity contribution in [2.45, 2.75) is 125 Å². The molecule has 208 valence electrons. The Balaban J connectivity index is 1.82. The van der Waals surface area contributed by atoms with Crippen molar-refractivity contribution in [1.82, 2.24) is 0 Å². The van der Waals surface area contributed by atoms with E-state index in [2.05, 4.69) is 34.6 Å². The zero-order valence-corrected chi connectivity index (χ0v) is 24.3. The van der Waals surface area contributed by atoms with Gasteiger partial charge in [0.25, 0.3) is 0 Å². The molecule has 5 heteroatoms. The summed E-state index contributed by atoms with van der Waals surface area (Å²) < 4.78 is 6.30. The fraction of sp³-hybridized carbons (Fsp3) is 0.844. The normalized spacial score (nSPS) is 45.9. The molecule has 4 unspecified atom stereocenters. The van der Waals surface area contributed by atoms with Crippen LogP contribution in [0, 0.1) is 45.3 Å². The van der Waals surface area contributed by atoms with Crippen molar-refractivity contribution >= 4 is 18.0 Å². The van der Waals surface area contributed by atoms with Crippen LogP contribution in [0.2, 0.25) is 0 Å². The van der Waals surface area contributed by atoms with E-state index < -0.39 is 29.5 Å². The zero-order chi connectivity index (χ0) is 27.4. The first-order valence-corrected chi connectivity index (χ1v) is 14.9. The van der Waals surface area contributed by atoms with Crippen molar-refractivity contribution in [3.8, 4) is 0 Å². The maximum Gasteiger partial charge on any atom is 0.308 e. The number of ketones is 1. The Labute approximate surface area is 224 Å². The Kier molecular flexibility index (Phi) is 7.64. The molecule has 0 spiro atoms. The Morgan fingerprint density at radius 1 is 1.08 bits per heavy atom. The summed E-state index contributed by atoms with van der Waals surface area (Å²) in [5.41, 5.74) is 0.388. The second-order valence-corrected chi connectivity index (χ2v) is 14.0. The highest BCUT2D eigenvalue weighted by atomic mass is 16.5. The number of carbonyl (C=O) groups is 3. The van der Waals surface area contributed by atoms with Gasteiger partial charge in [0.15, 0.2) is 5.78 Å². The largest absolute Gasteiger partial charge is 0.462 e. The van der Waals surface area contributed by atoms with Gasteiger partial charge in [0, 0.05) is 11.0 Å². The molecule has 0 heterocycles. The van der Waals surface area contributed by atoms with Gasteiger partial charge in [-0.05, 0) is 85.9 Å². The van der Waals surface area contributed by atoms with Gasteiger partial charge in [-0.25, -0.2) is 0 Å². The first-order chi connectivity index (χ1) is 17.3. The third kappa shape index (κ3) is 4.26. The molecule has 0 bridgehead atoms. The molecule has 37 heavy (non-hydrogen) atoms. The van der Waals surface area contributed by atoms with Crippen LogP contribution in [-0.2, 0) is 19.1 Å². The lowest BCUT2D eigenvalue weighted by Gasteiger charge is -2.70. The van der Waals surface area contributed by atoms with E-state index in [1.54, 1.807) is 0 Å². The van der Waals surface area contributed by atoms with Gasteiger partial charge in [-0.2, -0.15) is 0 Å². The molecule has 3 fully saturated rings. The van der Waals surface area contributed by atoms with Crippen LogP contribution >= 0.6 is 0 Å². The number of hydrogen-bond acceptors (Lipinski definition) is 5. The zero-order valence-electron chi connectivity index (χ0n) is 24.3. The first-order valence-electron chi connectivity index (χ1n) is 14.9. The van der Waals surface area contributed by atoms with Gasteiger partial charge in [-0.1, -0.05) is 60.5 Å². The number of rotatable bonds is 7. The van der Waals surface area contributed by atoms with E-state index in [9.17, 15) is 19.5 Å². The highest BCUT2D eigenvalue weighted by molar-refractivity contribution is 5.97. The SMILES string of the molecule is CCC(O)CC(=O)O[C@H]1CC2[C@@]3(C)CCC[C@](C)(CC)C3CC[C@@]2(C)C2CC=C(C(C)=O)[C@H](C=O)[C@]21C. The molecule has 1 N–H and O–H groups in total. The number of aliphatic hydroxyl groups excluding tert-OH is 1. The lowest BCUT2D eigenvalue weighted by atomic mass is 9.34. The number of esters is 1. The molecule has 0 aliphatic heterocycles. The van der Waals surface area contributed by atoms with Gasteiger partial charge in [0.2, 0.25) is 0 Å². The summed E-state index contributed by atoms with van der Waals surface area (Å²) in [6.45, 7) is 15.3. The molecule has 0 saturated heterocycles. The van der Waals surface area contributed by atoms with Gasteiger partial charge >= 0.3 is 5.97 Å². The van der Waals surface area contributed by atoms with Crippen molar-refractivity contribution in [3.05, 3.63) is 11.6 Å². The summed E-state index contributed by atoms with van der Waals surface area (Å²) >= 11 is 0. The quantitative estimate of drug-likeness (QED) is 0.311. The molecule has 0 aromatic rings. The monoisotopic (exact) mass is 514 g/mol. The molecule has 0 aromatic heterocycles. The maximum atomic E-state index is 13.1. The number of fused-ring (bicyclic) bond motifs is 5. The van der Waals surface area contributed by atoms with Gasteiger partial charge in [0.05, 0.1) is 18.4 Å². The number of aliphatic hydroxyl groups is 1. The number of aldehydes is 1. The number of allylic oxidation sites excluding steroid dienone is 2. The van der Waals surface area contributed by atoms with Crippen molar-refractivity contribution in [2.75, 3.05) is 0 Å². The first kappa shape index (κ1) is 28.5. The molecule has 3 saturated carbocycles. The predicted molar refractivity (Wildman–Crippen MR) is 145 cm³/mol. The van der Waals surface area contributed by atoms with E-state index in [-0.39, 0.29) is 29.0 Å². The van der Waals surface area contributed by atoms with Gasteiger partial charge in [-0.3, -0.25) is 9.59 Å². The van der Waals surface area contributed by atoms with E-state index >= 15 is 0 Å². The van der Waals surface area contributed by atoms with Crippen LogP contribution in [0.15, 0.2) is 11.6 Å². The molecule has 4 rings (SSSR count). The maximum absolute atomic E-state index is 13.1. The minimum absolute atomic E-state index is 0.00207. The lowest BCUT2D eigenvalue weighted by molar-refractivity contribution is -0.240. The van der Waals surface area contributed by atoms with E-state index in [1.165, 1.54) is 39.0 Å². The van der Waals surface area contributed by atoms with Crippen molar-refractivity contribution in [3.63, 3.8) is 0 Å². The minimum atomic E-state index is -0.731. The summed E-state index contributed by atoms with van der Waals surface area (Å²) in [4.78, 5) is 38.4. The van der Waals surface area contributed by atoms with E-state index in [0.717, 1.165) is 25.5 Å². The number of hydrogen-bond donors (Lipinski definition) is 1. The van der Waals surface area contributed by atoms with E-state index in [0.29, 0.717) is 29.2 Å². The number of ether oxygens (including phenoxy) is 1. The number of Topliss-reactive ketones (excluding diaryl/α,β-unsaturated/α-hetero) is 1. The average Bonchev–Trinajstić information content (AvgIpc) is 2.84. The highest BCUT2D eigenvalue weighted by Gasteiger charge is 2.69. The second kappa shape index (κ2) is 9.92. The van der Waals surface area contributed by atoms with E-state index in [1.807, 2.05) is 13.0 Å². The smallest absolute Gasteiger partial charge is 0.308 e. The Bertz CT molecular complexity index is 955. The van der Waals surface area contributed by atoms with Crippen LogP contribution in [0.25, 0.3) is 0 Å². The summed E-state index contributed by atoms with van der Waals surface area (Å²) in [5.74, 6) is 0.0831. The molecule has 10 atom stereocenters. The summed E-state index contributed by atoms with van der Waals surface area (Å²) in [5, 5.41) is 10.2. The Morgan fingerprint density at radius 2 is 1.76 bits per heavy atom. The Hall–Kier alpha value is -1.49. The molecule has 0 radical (unpaired) electrons. The molecular weight excluding hydrogens is 464 g/mol. The molecular formula is C32H50O5. The van der Waals surface area contributed by atoms with Gasteiger partial charge in [-0.15, -0.1) is 0 Å². The van der Waals surface area contributed by atoms with E-state index in [4.69, 9.17) is 4.74 Å². The minimum Gasteiger partial charge on any atom is -0.462 e. The van der Waals surface area contributed by atoms with Crippen molar-refractivity contribution in [1.29, 1.82) is 0 Å². The third-order valence-corrected chi connectivity index (χ3v) is 12.4. The summed E-state index contributed by atoms with van der Waals surface area (Å²) in [7, 11) is 0. The lowest BCUT2D eigenvalue weighted by Crippen LogP contribution is -2.67. The van der Waals surface area contributed by atoms with Crippen LogP contribution in [0.4, 0.5) is 0 Å². The highest BCUT2D eigenvalue weighted by Crippen LogP contribution is 2.73. The summed E-state index contributed by atoms with van der Waals surface area (Å²) in [6, 6.07) is 0. The molecule has 4 aliphatic carbocycles. The number of carbonyl (C=O) groups excluding carboxylic acids is 3. The van der Waals surface area contributed by atoms with Crippen LogP contribution < -0.4 is 0 Å². The van der Waals surface area contributed by atoms with Crippen molar-refractivity contribution in [2.24, 2.45) is 45.3 Å². The third-order valence-electron chi connectivity index (χ3n) is 12.4. The fourth-order valence-electron chi connectivity index (χ4n) is 10.2. The molecule has 4 aliphatic rings. The van der Waals surface area contributed by atoms with Crippen LogP contribution in [0.1, 0.15) is 113 Å². The summed E-state index contributed by atoms with van der Waals surface area (Å²) in [6.07, 6.45) is 10.9. The fourth-order valence-corrected chi connectivity index (χ4v) is 10.2.